The van der Waals surface area contributed by atoms with E-state index in [2.05, 4.69) is 11.5 Å². The summed E-state index contributed by atoms with van der Waals surface area (Å²) < 4.78 is 9.77. The lowest BCUT2D eigenvalue weighted by molar-refractivity contribution is -0.156. The summed E-state index contributed by atoms with van der Waals surface area (Å²) in [6.07, 6.45) is 3.91. The zero-order valence-corrected chi connectivity index (χ0v) is 24.2. The molecular weight excluding hydrogens is 506 g/mol. The van der Waals surface area contributed by atoms with Crippen molar-refractivity contribution in [1.82, 2.24) is 14.7 Å². The van der Waals surface area contributed by atoms with E-state index >= 15 is 0 Å². The van der Waals surface area contributed by atoms with Gasteiger partial charge in [0, 0.05) is 37.5 Å². The Morgan fingerprint density at radius 1 is 1.32 bits per heavy atom. The molecule has 0 aromatic rings. The number of thioether (sulfide) groups is 1. The van der Waals surface area contributed by atoms with Gasteiger partial charge in [-0.25, -0.2) is 0 Å². The molecule has 0 radical (unpaired) electrons. The predicted octanol–water partition coefficient (Wildman–Crippen LogP) is 1.78. The molecule has 2 unspecified atom stereocenters. The van der Waals surface area contributed by atoms with E-state index in [-0.39, 0.29) is 36.9 Å². The molecule has 1 N–H and O–H groups in total. The molecule has 2 bridgehead atoms. The Labute approximate surface area is 231 Å². The van der Waals surface area contributed by atoms with Crippen LogP contribution < -0.4 is 0 Å². The molecule has 0 saturated carbocycles. The van der Waals surface area contributed by atoms with Crippen LogP contribution in [0.1, 0.15) is 47.0 Å². The molecule has 4 rings (SSSR count). The highest BCUT2D eigenvalue weighted by Gasteiger charge is 2.78. The van der Waals surface area contributed by atoms with E-state index in [0.717, 1.165) is 25.9 Å². The Bertz CT molecular complexity index is 913. The Morgan fingerprint density at radius 3 is 2.63 bits per heavy atom. The molecule has 0 aromatic carbocycles. The maximum atomic E-state index is 14.6. The molecule has 38 heavy (non-hydrogen) atoms. The molecule has 4 fully saturated rings. The molecule has 214 valence electrons. The number of rotatable bonds is 12. The number of amides is 2. The molecule has 4 heterocycles. The van der Waals surface area contributed by atoms with Crippen LogP contribution in [0.15, 0.2) is 12.7 Å². The molecule has 2 amide bonds. The second-order valence-corrected chi connectivity index (χ2v) is 13.3. The van der Waals surface area contributed by atoms with Crippen molar-refractivity contribution in [3.8, 4) is 0 Å². The minimum Gasteiger partial charge on any atom is -0.466 e. The monoisotopic (exact) mass is 551 g/mol. The minimum atomic E-state index is -0.748. The first-order valence-electron chi connectivity index (χ1n) is 14.2. The van der Waals surface area contributed by atoms with Crippen LogP contribution >= 0.6 is 11.8 Å². The quantitative estimate of drug-likeness (QED) is 0.290. The van der Waals surface area contributed by atoms with E-state index in [1.54, 1.807) is 29.7 Å². The highest BCUT2D eigenvalue weighted by Crippen LogP contribution is 2.72. The molecule has 4 aliphatic rings. The van der Waals surface area contributed by atoms with Crippen LogP contribution in [0.2, 0.25) is 0 Å². The lowest BCUT2D eigenvalue weighted by Crippen LogP contribution is -2.59. The van der Waals surface area contributed by atoms with Gasteiger partial charge in [0.25, 0.3) is 0 Å². The van der Waals surface area contributed by atoms with Gasteiger partial charge in [-0.1, -0.05) is 26.3 Å². The van der Waals surface area contributed by atoms with Gasteiger partial charge in [0.2, 0.25) is 11.8 Å². The number of esters is 1. The van der Waals surface area contributed by atoms with Crippen LogP contribution in [0, 0.1) is 17.8 Å². The van der Waals surface area contributed by atoms with Crippen LogP contribution in [-0.2, 0) is 23.9 Å². The van der Waals surface area contributed by atoms with E-state index in [1.165, 1.54) is 0 Å². The highest BCUT2D eigenvalue weighted by atomic mass is 32.2. The van der Waals surface area contributed by atoms with E-state index in [9.17, 15) is 19.5 Å². The number of aliphatic hydroxyl groups excluding tert-OH is 1. The number of likely N-dealkylation sites (tertiary alicyclic amines) is 1. The smallest absolute Gasteiger partial charge is 0.311 e. The second kappa shape index (κ2) is 11.9. The summed E-state index contributed by atoms with van der Waals surface area (Å²) >= 11 is 1.64. The van der Waals surface area contributed by atoms with Crippen molar-refractivity contribution in [2.75, 3.05) is 59.2 Å². The Kier molecular flexibility index (Phi) is 9.17. The first-order chi connectivity index (χ1) is 18.2. The number of carbonyl (C=O) groups excluding carboxylic acids is 3. The summed E-state index contributed by atoms with van der Waals surface area (Å²) in [5.74, 6) is -1.90. The van der Waals surface area contributed by atoms with Gasteiger partial charge in [-0.15, -0.1) is 18.3 Å². The fourth-order valence-electron chi connectivity index (χ4n) is 7.11. The van der Waals surface area contributed by atoms with Gasteiger partial charge in [-0.3, -0.25) is 19.3 Å². The normalized spacial score (nSPS) is 34.2. The van der Waals surface area contributed by atoms with Crippen molar-refractivity contribution in [2.24, 2.45) is 17.8 Å². The molecular formula is C28H45N3O6S. The van der Waals surface area contributed by atoms with Crippen molar-refractivity contribution in [1.29, 1.82) is 0 Å². The summed E-state index contributed by atoms with van der Waals surface area (Å²) in [6.45, 7) is 16.4. The van der Waals surface area contributed by atoms with Gasteiger partial charge in [-0.05, 0) is 32.6 Å². The van der Waals surface area contributed by atoms with Gasteiger partial charge in [0.05, 0.1) is 49.1 Å². The molecule has 4 saturated heterocycles. The summed E-state index contributed by atoms with van der Waals surface area (Å²) in [5, 5.41) is 10.5. The second-order valence-electron chi connectivity index (χ2n) is 11.4. The van der Waals surface area contributed by atoms with Crippen LogP contribution in [0.3, 0.4) is 0 Å². The number of morpholine rings is 1. The summed E-state index contributed by atoms with van der Waals surface area (Å²) in [7, 11) is 0. The van der Waals surface area contributed by atoms with E-state index in [0.29, 0.717) is 39.3 Å². The van der Waals surface area contributed by atoms with Gasteiger partial charge < -0.3 is 24.4 Å². The molecule has 4 aliphatic heterocycles. The molecule has 0 aromatic heterocycles. The average molecular weight is 552 g/mol. The van der Waals surface area contributed by atoms with Gasteiger partial charge >= 0.3 is 5.97 Å². The van der Waals surface area contributed by atoms with Gasteiger partial charge in [-0.2, -0.15) is 0 Å². The zero-order chi connectivity index (χ0) is 27.7. The summed E-state index contributed by atoms with van der Waals surface area (Å²) in [5.41, 5.74) is 0. The first kappa shape index (κ1) is 29.4. The van der Waals surface area contributed by atoms with E-state index < -0.39 is 33.4 Å². The molecule has 7 atom stereocenters. The van der Waals surface area contributed by atoms with Crippen molar-refractivity contribution >= 4 is 29.5 Å². The predicted molar refractivity (Wildman–Crippen MR) is 147 cm³/mol. The Morgan fingerprint density at radius 2 is 2.03 bits per heavy atom. The van der Waals surface area contributed by atoms with E-state index in [4.69, 9.17) is 9.47 Å². The lowest BCUT2D eigenvalue weighted by atomic mass is 9.66. The maximum absolute atomic E-state index is 14.6. The zero-order valence-electron chi connectivity index (χ0n) is 23.4. The van der Waals surface area contributed by atoms with Gasteiger partial charge in [0.1, 0.15) is 6.04 Å². The molecule has 10 heteroatoms. The van der Waals surface area contributed by atoms with Crippen LogP contribution in [0.25, 0.3) is 0 Å². The number of fused-ring (bicyclic) bond motifs is 1. The third kappa shape index (κ3) is 4.90. The van der Waals surface area contributed by atoms with Crippen LogP contribution in [0.4, 0.5) is 0 Å². The molecule has 0 aliphatic carbocycles. The van der Waals surface area contributed by atoms with Crippen LogP contribution in [-0.4, -0.2) is 118 Å². The van der Waals surface area contributed by atoms with Crippen molar-refractivity contribution in [3.05, 3.63) is 12.7 Å². The minimum absolute atomic E-state index is 0.00508. The summed E-state index contributed by atoms with van der Waals surface area (Å²) in [4.78, 5) is 47.9. The summed E-state index contributed by atoms with van der Waals surface area (Å²) in [6, 6.07) is -1.25. The topological polar surface area (TPSA) is 99.6 Å². The molecule has 1 spiro atoms. The number of ether oxygens (including phenoxy) is 2. The number of aliphatic hydroxyl groups is 1. The number of hydrogen-bond donors (Lipinski definition) is 1. The molecule has 9 nitrogen and oxygen atoms in total. The van der Waals surface area contributed by atoms with Gasteiger partial charge in [0.15, 0.2) is 0 Å². The van der Waals surface area contributed by atoms with Crippen molar-refractivity contribution in [3.63, 3.8) is 0 Å². The van der Waals surface area contributed by atoms with Crippen LogP contribution in [0.5, 0.6) is 0 Å². The number of hydrogen-bond acceptors (Lipinski definition) is 8. The third-order valence-electron chi connectivity index (χ3n) is 9.29. The lowest BCUT2D eigenvalue weighted by Gasteiger charge is -2.41. The number of carbonyl (C=O) groups is 3. The standard InChI is InChI=1S/C28H45N3O6S/c1-6-11-30(13-12-29-14-16-36-17-15-29)25(34)23-28-10-9-27(5,38-28)22(26(35)37-8-3)21(28)24(33)31(23)20(18-32)19(4)7-2/h6,19-23,32H,1,7-18H2,2-5H3/t19-,20-,21-,22-,23?,27+,28?/m0/s1. The fraction of sp³-hybridized carbons (Fsp3) is 0.821. The Balaban J connectivity index is 1.72. The SMILES string of the molecule is C=CCN(CCN1CCOCC1)C(=O)C1N([C@@H](CO)[C@@H](C)CC)C(=O)[C@@H]2[C@@H](C(=O)OCC)[C@@]3(C)CCC12S3. The van der Waals surface area contributed by atoms with Crippen molar-refractivity contribution in [2.45, 2.75) is 68.5 Å². The first-order valence-corrected chi connectivity index (χ1v) is 15.0. The fourth-order valence-corrected chi connectivity index (χ4v) is 9.44. The average Bonchev–Trinajstić information content (AvgIpc) is 3.48. The maximum Gasteiger partial charge on any atom is 0.311 e. The third-order valence-corrected chi connectivity index (χ3v) is 11.3. The van der Waals surface area contributed by atoms with Crippen molar-refractivity contribution < 1.29 is 29.0 Å². The van der Waals surface area contributed by atoms with E-state index in [1.807, 2.05) is 25.7 Å². The number of nitrogens with zero attached hydrogens (tertiary/aromatic N) is 3. The largest absolute Gasteiger partial charge is 0.466 e. The highest BCUT2D eigenvalue weighted by molar-refractivity contribution is 8.02. The Hall–Kier alpha value is -1.62.